The molecule has 2 N–H and O–H groups in total. The Bertz CT molecular complexity index is 296. The summed E-state index contributed by atoms with van der Waals surface area (Å²) in [7, 11) is 0. The van der Waals surface area contributed by atoms with Gasteiger partial charge in [0, 0.05) is 13.2 Å². The molecular formula is C13H20O2. The molecule has 0 aliphatic heterocycles. The quantitative estimate of drug-likeness (QED) is 0.723. The van der Waals surface area contributed by atoms with E-state index in [-0.39, 0.29) is 10.8 Å². The maximum Gasteiger partial charge on any atom is 0.0487 e. The molecule has 4 unspecified atom stereocenters. The zero-order valence-corrected chi connectivity index (χ0v) is 9.21. The fourth-order valence-corrected chi connectivity index (χ4v) is 6.20. The molecule has 0 radical (unpaired) electrons. The van der Waals surface area contributed by atoms with Crippen molar-refractivity contribution >= 4 is 0 Å². The van der Waals surface area contributed by atoms with E-state index in [1.807, 2.05) is 0 Å². The van der Waals surface area contributed by atoms with Crippen molar-refractivity contribution in [2.75, 3.05) is 13.2 Å². The molecule has 4 fully saturated rings. The van der Waals surface area contributed by atoms with Gasteiger partial charge in [0.15, 0.2) is 0 Å². The van der Waals surface area contributed by atoms with Crippen LogP contribution in [0.1, 0.15) is 38.5 Å². The van der Waals surface area contributed by atoms with Crippen LogP contribution >= 0.6 is 0 Å². The predicted octanol–water partition coefficient (Wildman–Crippen LogP) is 1.56. The molecule has 4 rings (SSSR count). The van der Waals surface area contributed by atoms with Gasteiger partial charge in [0.2, 0.25) is 0 Å². The predicted molar refractivity (Wildman–Crippen MR) is 56.2 cm³/mol. The average Bonchev–Trinajstić information content (AvgIpc) is 2.54. The van der Waals surface area contributed by atoms with Crippen LogP contribution in [0.3, 0.4) is 0 Å². The third-order valence-corrected chi connectivity index (χ3v) is 6.38. The van der Waals surface area contributed by atoms with E-state index in [0.717, 1.165) is 18.3 Å². The number of hydrogen-bond donors (Lipinski definition) is 2. The molecule has 2 heteroatoms. The third kappa shape index (κ3) is 0.794. The maximum atomic E-state index is 9.69. The minimum absolute atomic E-state index is 0.205. The van der Waals surface area contributed by atoms with Crippen molar-refractivity contribution in [1.82, 2.24) is 0 Å². The summed E-state index contributed by atoms with van der Waals surface area (Å²) in [6.45, 7) is 0.722. The largest absolute Gasteiger partial charge is 0.396 e. The summed E-state index contributed by atoms with van der Waals surface area (Å²) >= 11 is 0. The molecule has 3 bridgehead atoms. The van der Waals surface area contributed by atoms with Crippen molar-refractivity contribution in [2.24, 2.45) is 28.1 Å². The molecule has 0 aromatic carbocycles. The van der Waals surface area contributed by atoms with E-state index in [9.17, 15) is 10.2 Å². The molecule has 0 aromatic rings. The van der Waals surface area contributed by atoms with Gasteiger partial charge in [-0.1, -0.05) is 0 Å². The summed E-state index contributed by atoms with van der Waals surface area (Å²) in [5, 5.41) is 19.4. The standard InChI is InChI=1S/C13H20O2/c14-7-11-2-9-1-10-3-12(4-11,8-15)6-13(9,10)5-11/h9-10,14-15H,1-8H2. The molecule has 0 aromatic heterocycles. The molecule has 4 saturated carbocycles. The number of fused-ring (bicyclic) bond motifs is 2. The molecular weight excluding hydrogens is 188 g/mol. The average molecular weight is 208 g/mol. The lowest BCUT2D eigenvalue weighted by molar-refractivity contribution is -0.0276. The van der Waals surface area contributed by atoms with Crippen LogP contribution in [-0.2, 0) is 0 Å². The second-order valence-electron chi connectivity index (χ2n) is 7.12. The molecule has 1 spiro atoms. The topological polar surface area (TPSA) is 40.5 Å². The normalized spacial score (nSPS) is 64.4. The van der Waals surface area contributed by atoms with Gasteiger partial charge < -0.3 is 10.2 Å². The summed E-state index contributed by atoms with van der Waals surface area (Å²) in [5.74, 6) is 1.79. The highest BCUT2D eigenvalue weighted by molar-refractivity contribution is 5.23. The monoisotopic (exact) mass is 208 g/mol. The Balaban J connectivity index is 1.82. The van der Waals surface area contributed by atoms with E-state index in [1.54, 1.807) is 0 Å². The summed E-state index contributed by atoms with van der Waals surface area (Å²) in [6.07, 6.45) is 7.54. The van der Waals surface area contributed by atoms with E-state index < -0.39 is 0 Å². The summed E-state index contributed by atoms with van der Waals surface area (Å²) in [5.41, 5.74) is 0.984. The van der Waals surface area contributed by atoms with Gasteiger partial charge in [-0.3, -0.25) is 0 Å². The van der Waals surface area contributed by atoms with Crippen molar-refractivity contribution in [3.8, 4) is 0 Å². The van der Waals surface area contributed by atoms with Crippen LogP contribution in [0, 0.1) is 28.1 Å². The van der Waals surface area contributed by atoms with Crippen molar-refractivity contribution in [1.29, 1.82) is 0 Å². The van der Waals surface area contributed by atoms with Gasteiger partial charge in [0.1, 0.15) is 0 Å². The Hall–Kier alpha value is -0.0800. The molecule has 2 nitrogen and oxygen atoms in total. The van der Waals surface area contributed by atoms with E-state index in [0.29, 0.717) is 18.6 Å². The highest BCUT2D eigenvalue weighted by Gasteiger charge is 2.74. The van der Waals surface area contributed by atoms with E-state index in [1.165, 1.54) is 32.1 Å². The molecule has 4 atom stereocenters. The van der Waals surface area contributed by atoms with Gasteiger partial charge in [-0.05, 0) is 66.6 Å². The first-order valence-electron chi connectivity index (χ1n) is 6.38. The Morgan fingerprint density at radius 1 is 0.867 bits per heavy atom. The Morgan fingerprint density at radius 2 is 1.40 bits per heavy atom. The first kappa shape index (κ1) is 9.00. The summed E-state index contributed by atoms with van der Waals surface area (Å²) < 4.78 is 0. The van der Waals surface area contributed by atoms with Gasteiger partial charge in [0.05, 0.1) is 0 Å². The SMILES string of the molecule is OCC12CC3CC4CC(CO)(C1)CC34C2. The Kier molecular flexibility index (Phi) is 1.37. The second kappa shape index (κ2) is 2.28. The Morgan fingerprint density at radius 3 is 1.87 bits per heavy atom. The zero-order valence-electron chi connectivity index (χ0n) is 9.21. The third-order valence-electron chi connectivity index (χ3n) is 6.38. The van der Waals surface area contributed by atoms with Gasteiger partial charge in [-0.2, -0.15) is 0 Å². The molecule has 4 aliphatic rings. The number of aliphatic hydroxyl groups is 2. The maximum absolute atomic E-state index is 9.69. The van der Waals surface area contributed by atoms with Gasteiger partial charge in [0.25, 0.3) is 0 Å². The van der Waals surface area contributed by atoms with Gasteiger partial charge >= 0.3 is 0 Å². The molecule has 15 heavy (non-hydrogen) atoms. The lowest BCUT2D eigenvalue weighted by Crippen LogP contribution is -2.43. The highest BCUT2D eigenvalue weighted by Crippen LogP contribution is 2.81. The van der Waals surface area contributed by atoms with E-state index in [4.69, 9.17) is 0 Å². The fraction of sp³-hybridized carbons (Fsp3) is 1.00. The molecule has 0 heterocycles. The fourth-order valence-electron chi connectivity index (χ4n) is 6.20. The first-order chi connectivity index (χ1) is 7.16. The number of hydrogen-bond acceptors (Lipinski definition) is 2. The van der Waals surface area contributed by atoms with Crippen molar-refractivity contribution in [3.05, 3.63) is 0 Å². The minimum atomic E-state index is 0.205. The molecule has 4 aliphatic carbocycles. The zero-order chi connectivity index (χ0) is 10.3. The van der Waals surface area contributed by atoms with Crippen LogP contribution in [0.4, 0.5) is 0 Å². The second-order valence-corrected chi connectivity index (χ2v) is 7.12. The highest BCUT2D eigenvalue weighted by atomic mass is 16.3. The molecule has 0 saturated heterocycles. The van der Waals surface area contributed by atoms with Crippen LogP contribution in [-0.4, -0.2) is 23.4 Å². The lowest BCUT2D eigenvalue weighted by Gasteiger charge is -2.50. The van der Waals surface area contributed by atoms with Crippen LogP contribution in [0.15, 0.2) is 0 Å². The van der Waals surface area contributed by atoms with Crippen molar-refractivity contribution in [3.63, 3.8) is 0 Å². The number of rotatable bonds is 2. The van der Waals surface area contributed by atoms with Crippen LogP contribution < -0.4 is 0 Å². The van der Waals surface area contributed by atoms with Gasteiger partial charge in [-0.15, -0.1) is 0 Å². The lowest BCUT2D eigenvalue weighted by atomic mass is 9.55. The van der Waals surface area contributed by atoms with Crippen molar-refractivity contribution < 1.29 is 10.2 Å². The smallest absolute Gasteiger partial charge is 0.0487 e. The van der Waals surface area contributed by atoms with E-state index in [2.05, 4.69) is 0 Å². The molecule has 84 valence electrons. The number of aliphatic hydroxyl groups excluding tert-OH is 2. The first-order valence-corrected chi connectivity index (χ1v) is 6.38. The molecule has 0 amide bonds. The van der Waals surface area contributed by atoms with Crippen LogP contribution in [0.25, 0.3) is 0 Å². The van der Waals surface area contributed by atoms with E-state index >= 15 is 0 Å². The van der Waals surface area contributed by atoms with Crippen LogP contribution in [0.2, 0.25) is 0 Å². The summed E-state index contributed by atoms with van der Waals surface area (Å²) in [4.78, 5) is 0. The Labute approximate surface area is 90.7 Å². The minimum Gasteiger partial charge on any atom is -0.396 e. The van der Waals surface area contributed by atoms with Crippen molar-refractivity contribution in [2.45, 2.75) is 38.5 Å². The van der Waals surface area contributed by atoms with Gasteiger partial charge in [-0.25, -0.2) is 0 Å². The van der Waals surface area contributed by atoms with Crippen LogP contribution in [0.5, 0.6) is 0 Å². The summed E-state index contributed by atoms with van der Waals surface area (Å²) in [6, 6.07) is 0.